The van der Waals surface area contributed by atoms with E-state index in [2.05, 4.69) is 6.07 Å². The molecule has 9 N–H and O–H groups in total. The Morgan fingerprint density at radius 2 is 0.929 bits per heavy atom. The third-order valence-corrected chi connectivity index (χ3v) is 12.4. The molecule has 0 unspecified atom stereocenters. The predicted octanol–water partition coefficient (Wildman–Crippen LogP) is 14.0. The summed E-state index contributed by atoms with van der Waals surface area (Å²) in [4.78, 5) is 48.2. The van der Waals surface area contributed by atoms with Gasteiger partial charge in [0.2, 0.25) is 0 Å². The fraction of sp³-hybridized carbons (Fsp3) is 0.100. The lowest BCUT2D eigenvalue weighted by molar-refractivity contribution is 0.103. The monoisotopic (exact) mass is 1140 g/mol. The van der Waals surface area contributed by atoms with Crippen LogP contribution in [0.1, 0.15) is 105 Å². The molecule has 85 heavy (non-hydrogen) atoms. The Balaban J connectivity index is 0.000000208. The molecular formula is C70H63NO14. The third-order valence-electron chi connectivity index (χ3n) is 12.4. The minimum Gasteiger partial charge on any atom is -0.508 e. The number of aryl methyl sites for hydroxylation is 3. The van der Waals surface area contributed by atoms with Crippen LogP contribution in [0.3, 0.4) is 0 Å². The number of phenols is 9. The molecule has 0 aliphatic heterocycles. The van der Waals surface area contributed by atoms with Crippen LogP contribution in [-0.2, 0) is 6.42 Å². The Bertz CT molecular complexity index is 3910. The van der Waals surface area contributed by atoms with Gasteiger partial charge < -0.3 is 50.7 Å². The number of nitriles is 1. The first-order valence-electron chi connectivity index (χ1n) is 26.1. The molecule has 432 valence electrons. The van der Waals surface area contributed by atoms with Crippen molar-refractivity contribution in [2.75, 3.05) is 7.11 Å². The first-order valence-corrected chi connectivity index (χ1v) is 26.1. The second kappa shape index (κ2) is 31.0. The van der Waals surface area contributed by atoms with Crippen LogP contribution in [0, 0.1) is 32.1 Å². The Morgan fingerprint density at radius 3 is 1.41 bits per heavy atom. The number of allylic oxidation sites excluding steroid dienone is 6. The van der Waals surface area contributed by atoms with Gasteiger partial charge >= 0.3 is 0 Å². The van der Waals surface area contributed by atoms with Crippen LogP contribution in [0.25, 0.3) is 24.3 Å². The van der Waals surface area contributed by atoms with Crippen molar-refractivity contribution in [3.8, 4) is 63.6 Å². The Hall–Kier alpha value is -11.4. The van der Waals surface area contributed by atoms with E-state index in [0.717, 1.165) is 57.2 Å². The first kappa shape index (κ1) is 64.5. The maximum atomic E-state index is 12.2. The van der Waals surface area contributed by atoms with Crippen LogP contribution in [0.15, 0.2) is 188 Å². The number of hydrogen-bond donors (Lipinski definition) is 9. The van der Waals surface area contributed by atoms with Gasteiger partial charge in [0.15, 0.2) is 34.6 Å². The number of hydrogen-bond acceptors (Lipinski definition) is 15. The summed E-state index contributed by atoms with van der Waals surface area (Å²) < 4.78 is 5.24. The lowest BCUT2D eigenvalue weighted by atomic mass is 10.0. The molecule has 0 saturated carbocycles. The zero-order valence-electron chi connectivity index (χ0n) is 47.4. The van der Waals surface area contributed by atoms with Gasteiger partial charge in [0.1, 0.15) is 46.0 Å². The third kappa shape index (κ3) is 19.7. The van der Waals surface area contributed by atoms with E-state index in [9.17, 15) is 65.1 Å². The van der Waals surface area contributed by atoms with E-state index < -0.39 is 5.78 Å². The SMILES string of the molecule is CC(C)=CCc1cc(/C=C/C(=O)c2ccc(O)cc2O)ccc1O.COc1cc(C)ccc1C(=O)/C=C/c1ccc(C#N)cc1.Cc1cc(/C=C/C(=O)c2ccc(O)cc2O)cc(O)c1O.Cc1ccccc1/C=C/C(=O)c1ccc(O)cc1O. The van der Waals surface area contributed by atoms with Gasteiger partial charge in [0, 0.05) is 18.2 Å². The van der Waals surface area contributed by atoms with Crippen molar-refractivity contribution in [3.63, 3.8) is 0 Å². The molecule has 0 saturated heterocycles. The molecule has 8 rings (SSSR count). The smallest absolute Gasteiger partial charge is 0.189 e. The summed E-state index contributed by atoms with van der Waals surface area (Å²) in [7, 11) is 1.55. The lowest BCUT2D eigenvalue weighted by Gasteiger charge is -2.06. The number of carbonyl (C=O) groups is 4. The summed E-state index contributed by atoms with van der Waals surface area (Å²) in [5, 5.41) is 94.1. The molecule has 8 aromatic rings. The molecule has 8 aromatic carbocycles. The molecule has 0 amide bonds. The highest BCUT2D eigenvalue weighted by molar-refractivity contribution is 6.10. The van der Waals surface area contributed by atoms with E-state index in [4.69, 9.17) is 10.00 Å². The summed E-state index contributed by atoms with van der Waals surface area (Å²) >= 11 is 0. The van der Waals surface area contributed by atoms with Crippen LogP contribution in [-0.4, -0.2) is 76.2 Å². The van der Waals surface area contributed by atoms with Crippen LogP contribution in [0.2, 0.25) is 0 Å². The van der Waals surface area contributed by atoms with Crippen molar-refractivity contribution in [1.82, 2.24) is 0 Å². The lowest BCUT2D eigenvalue weighted by Crippen LogP contribution is -1.99. The normalized spacial score (nSPS) is 10.7. The van der Waals surface area contributed by atoms with Crippen molar-refractivity contribution in [1.29, 1.82) is 5.26 Å². The van der Waals surface area contributed by atoms with Crippen LogP contribution >= 0.6 is 0 Å². The van der Waals surface area contributed by atoms with Gasteiger partial charge in [-0.2, -0.15) is 5.26 Å². The van der Waals surface area contributed by atoms with Gasteiger partial charge in [-0.1, -0.05) is 84.5 Å². The van der Waals surface area contributed by atoms with Gasteiger partial charge in [-0.15, -0.1) is 0 Å². The van der Waals surface area contributed by atoms with E-state index >= 15 is 0 Å². The molecule has 0 radical (unpaired) electrons. The molecule has 0 atom stereocenters. The quantitative estimate of drug-likeness (QED) is 0.0200. The van der Waals surface area contributed by atoms with Gasteiger partial charge in [0.25, 0.3) is 0 Å². The van der Waals surface area contributed by atoms with Crippen molar-refractivity contribution >= 4 is 47.4 Å². The van der Waals surface area contributed by atoms with E-state index in [1.807, 2.05) is 76.2 Å². The summed E-state index contributed by atoms with van der Waals surface area (Å²) in [6.45, 7) is 9.51. The van der Waals surface area contributed by atoms with Gasteiger partial charge in [-0.25, -0.2) is 0 Å². The Kier molecular flexibility index (Phi) is 23.5. The standard InChI is InChI=1S/C20H20O4.C18H15NO2.C16H14O5.C16H14O3/c1-13(2)3-6-15-11-14(4-9-18(15)22)5-10-19(23)17-8-7-16(21)12-20(17)24;1-13-3-9-16(18(11-13)21-2)17(20)10-8-14-4-6-15(12-19)7-5-14;1-9-6-10(7-15(20)16(9)21)2-5-13(18)12-4-3-11(17)8-14(12)19;1-11-4-2-3-5-12(11)6-9-15(18)14-8-7-13(17)10-16(14)19/h3-5,7-12,21-22,24H,6H2,1-2H3;3-11H,1-2H3;2-8,17,19-21H,1H3;2-10,17,19H,1H3/b10-5+;10-8+;5-2+;9-6+. The minimum atomic E-state index is -0.447. The second-order valence-electron chi connectivity index (χ2n) is 19.3. The number of rotatable bonds is 15. The molecule has 0 heterocycles. The second-order valence-corrected chi connectivity index (χ2v) is 19.3. The van der Waals surface area contributed by atoms with Gasteiger partial charge in [-0.3, -0.25) is 19.2 Å². The van der Waals surface area contributed by atoms with Gasteiger partial charge in [0.05, 0.1) is 41.0 Å². The number of ketones is 4. The maximum Gasteiger partial charge on any atom is 0.189 e. The average molecular weight is 1140 g/mol. The molecular weight excluding hydrogens is 1080 g/mol. The number of aromatic hydroxyl groups is 9. The summed E-state index contributed by atoms with van der Waals surface area (Å²) in [6, 6.07) is 41.8. The highest BCUT2D eigenvalue weighted by atomic mass is 16.5. The highest BCUT2D eigenvalue weighted by Crippen LogP contribution is 2.31. The molecule has 0 bridgehead atoms. The number of carbonyl (C=O) groups excluding carboxylic acids is 4. The topological polar surface area (TPSA) is 283 Å². The zero-order chi connectivity index (χ0) is 62.3. The average Bonchev–Trinajstić information content (AvgIpc) is 3.69. The fourth-order valence-electron chi connectivity index (χ4n) is 7.74. The fourth-order valence-corrected chi connectivity index (χ4v) is 7.74. The van der Waals surface area contributed by atoms with Crippen LogP contribution in [0.5, 0.6) is 57.5 Å². The number of benzene rings is 8. The first-order chi connectivity index (χ1) is 40.5. The van der Waals surface area contributed by atoms with Crippen LogP contribution in [0.4, 0.5) is 0 Å². The van der Waals surface area contributed by atoms with Crippen LogP contribution < -0.4 is 4.74 Å². The molecule has 15 heteroatoms. The molecule has 0 fully saturated rings. The number of ether oxygens (including phenoxy) is 1. The molecule has 0 spiro atoms. The van der Waals surface area contributed by atoms with Gasteiger partial charge in [-0.05, 0) is 195 Å². The van der Waals surface area contributed by atoms with Crippen molar-refractivity contribution in [2.24, 2.45) is 0 Å². The minimum absolute atomic E-state index is 0.0590. The van der Waals surface area contributed by atoms with Crippen molar-refractivity contribution in [3.05, 3.63) is 260 Å². The molecule has 0 aromatic heterocycles. The Morgan fingerprint density at radius 1 is 0.459 bits per heavy atom. The highest BCUT2D eigenvalue weighted by Gasteiger charge is 2.13. The Labute approximate surface area is 492 Å². The summed E-state index contributed by atoms with van der Waals surface area (Å²) in [5.41, 5.74) is 9.14. The molecule has 15 nitrogen and oxygen atoms in total. The van der Waals surface area contributed by atoms with E-state index in [1.165, 1.54) is 72.8 Å². The van der Waals surface area contributed by atoms with Crippen molar-refractivity contribution in [2.45, 2.75) is 41.0 Å². The molecule has 0 aliphatic carbocycles. The number of methoxy groups -OCH3 is 1. The van der Waals surface area contributed by atoms with E-state index in [1.54, 1.807) is 80.8 Å². The van der Waals surface area contributed by atoms with E-state index in [0.29, 0.717) is 34.4 Å². The number of phenolic OH excluding ortho intramolecular Hbond substituents is 9. The summed E-state index contributed by atoms with van der Waals surface area (Å²) in [6.07, 6.45) is 14.7. The van der Waals surface area contributed by atoms with E-state index in [-0.39, 0.29) is 85.8 Å². The van der Waals surface area contributed by atoms with Crippen molar-refractivity contribution < 1.29 is 69.9 Å². The zero-order valence-corrected chi connectivity index (χ0v) is 47.4. The maximum absolute atomic E-state index is 12.2. The largest absolute Gasteiger partial charge is 0.508 e. The predicted molar refractivity (Wildman–Crippen MR) is 329 cm³/mol. The summed E-state index contributed by atoms with van der Waals surface area (Å²) in [5.74, 6) is -2.02. The number of nitrogens with zero attached hydrogens (tertiary/aromatic N) is 1. The molecule has 0 aliphatic rings.